The molecule has 0 radical (unpaired) electrons. The van der Waals surface area contributed by atoms with E-state index in [9.17, 15) is 8.78 Å². The van der Waals surface area contributed by atoms with Gasteiger partial charge in [0.2, 0.25) is 0 Å². The number of halogens is 2. The first-order valence-corrected chi connectivity index (χ1v) is 8.30. The van der Waals surface area contributed by atoms with Crippen LogP contribution in [0.1, 0.15) is 18.4 Å². The summed E-state index contributed by atoms with van der Waals surface area (Å²) in [6, 6.07) is 5.01. The van der Waals surface area contributed by atoms with Crippen molar-refractivity contribution in [3.63, 3.8) is 0 Å². The largest absolute Gasteiger partial charge is 0.493 e. The van der Waals surface area contributed by atoms with Gasteiger partial charge in [0.15, 0.2) is 17.5 Å². The molecule has 140 valence electrons. The van der Waals surface area contributed by atoms with Gasteiger partial charge in [0.05, 0.1) is 13.2 Å². The number of hydrogen-bond donors (Lipinski definition) is 2. The quantitative estimate of drug-likeness (QED) is 0.552. The summed E-state index contributed by atoms with van der Waals surface area (Å²) in [7, 11) is 3.12. The van der Waals surface area contributed by atoms with Crippen molar-refractivity contribution < 1.29 is 23.0 Å². The van der Waals surface area contributed by atoms with E-state index in [1.54, 1.807) is 19.2 Å². The van der Waals surface area contributed by atoms with E-state index in [1.807, 2.05) is 6.07 Å². The molecule has 1 aromatic carbocycles. The van der Waals surface area contributed by atoms with Gasteiger partial charge in [-0.3, -0.25) is 4.99 Å². The molecule has 0 amide bonds. The Labute approximate surface area is 146 Å². The molecule has 0 saturated carbocycles. The highest BCUT2D eigenvalue weighted by molar-refractivity contribution is 5.79. The first-order valence-electron chi connectivity index (χ1n) is 8.30. The topological polar surface area (TPSA) is 64.1 Å². The summed E-state index contributed by atoms with van der Waals surface area (Å²) in [5, 5.41) is 6.42. The molecule has 1 aliphatic rings. The number of hydrogen-bond acceptors (Lipinski definition) is 4. The number of methoxy groups -OCH3 is 1. The highest BCUT2D eigenvalue weighted by atomic mass is 19.3. The minimum Gasteiger partial charge on any atom is -0.493 e. The van der Waals surface area contributed by atoms with E-state index in [0.717, 1.165) is 25.0 Å². The molecule has 1 saturated heterocycles. The van der Waals surface area contributed by atoms with Gasteiger partial charge in [-0.15, -0.1) is 0 Å². The lowest BCUT2D eigenvalue weighted by molar-refractivity contribution is -0.0512. The fraction of sp³-hybridized carbons (Fsp3) is 0.588. The van der Waals surface area contributed by atoms with Gasteiger partial charge in [0.25, 0.3) is 0 Å². The summed E-state index contributed by atoms with van der Waals surface area (Å²) in [6.45, 7) is -0.748. The van der Waals surface area contributed by atoms with Gasteiger partial charge in [-0.05, 0) is 37.0 Å². The van der Waals surface area contributed by atoms with E-state index < -0.39 is 6.61 Å². The van der Waals surface area contributed by atoms with Crippen LogP contribution in [-0.4, -0.2) is 52.5 Å². The highest BCUT2D eigenvalue weighted by Gasteiger charge is 2.15. The maximum Gasteiger partial charge on any atom is 0.387 e. The van der Waals surface area contributed by atoms with E-state index in [1.165, 1.54) is 7.11 Å². The molecule has 0 spiro atoms. The van der Waals surface area contributed by atoms with Gasteiger partial charge in [-0.2, -0.15) is 8.78 Å². The zero-order valence-electron chi connectivity index (χ0n) is 14.6. The van der Waals surface area contributed by atoms with Crippen LogP contribution in [0, 0.1) is 0 Å². The van der Waals surface area contributed by atoms with Crippen LogP contribution in [0.15, 0.2) is 23.2 Å². The number of rotatable bonds is 8. The normalized spacial score (nSPS) is 17.6. The molecular formula is C17H25F2N3O3. The molecule has 1 aromatic rings. The van der Waals surface area contributed by atoms with Gasteiger partial charge in [0, 0.05) is 26.7 Å². The number of alkyl halides is 2. The molecule has 2 rings (SSSR count). The molecule has 1 unspecified atom stereocenters. The predicted octanol–water partition coefficient (Wildman–Crippen LogP) is 2.18. The first kappa shape index (κ1) is 19.2. The third kappa shape index (κ3) is 6.38. The monoisotopic (exact) mass is 357 g/mol. The molecule has 2 N–H and O–H groups in total. The molecule has 0 aliphatic carbocycles. The van der Waals surface area contributed by atoms with Crippen LogP contribution in [0.5, 0.6) is 11.5 Å². The van der Waals surface area contributed by atoms with E-state index >= 15 is 0 Å². The number of ether oxygens (including phenoxy) is 3. The lowest BCUT2D eigenvalue weighted by Gasteiger charge is -2.15. The number of benzene rings is 1. The van der Waals surface area contributed by atoms with Gasteiger partial charge in [0.1, 0.15) is 0 Å². The molecule has 1 aliphatic heterocycles. The van der Waals surface area contributed by atoms with E-state index in [4.69, 9.17) is 9.47 Å². The molecule has 0 bridgehead atoms. The van der Waals surface area contributed by atoms with E-state index in [-0.39, 0.29) is 17.6 Å². The summed E-state index contributed by atoms with van der Waals surface area (Å²) in [5.41, 5.74) is 0.860. The van der Waals surface area contributed by atoms with E-state index in [2.05, 4.69) is 20.4 Å². The van der Waals surface area contributed by atoms with Crippen LogP contribution in [0.4, 0.5) is 8.78 Å². The standard InChI is InChI=1S/C17H25F2N3O3/c1-20-17(22-11-13-4-3-9-24-13)21-8-7-12-5-6-14(23-2)15(10-12)25-16(18)19/h5-6,10,13,16H,3-4,7-9,11H2,1-2H3,(H2,20,21,22). The van der Waals surface area contributed by atoms with Crippen LogP contribution in [-0.2, 0) is 11.2 Å². The van der Waals surface area contributed by atoms with Gasteiger partial charge in [-0.25, -0.2) is 0 Å². The first-order chi connectivity index (χ1) is 12.1. The second kappa shape index (κ2) is 10.0. The lowest BCUT2D eigenvalue weighted by atomic mass is 10.1. The van der Waals surface area contributed by atoms with Crippen molar-refractivity contribution in [2.24, 2.45) is 4.99 Å². The number of aliphatic imine (C=N–C) groups is 1. The summed E-state index contributed by atoms with van der Waals surface area (Å²) in [6.07, 6.45) is 3.01. The molecule has 1 heterocycles. The van der Waals surface area contributed by atoms with Crippen molar-refractivity contribution in [3.8, 4) is 11.5 Å². The van der Waals surface area contributed by atoms with Crippen LogP contribution < -0.4 is 20.1 Å². The van der Waals surface area contributed by atoms with Crippen LogP contribution in [0.25, 0.3) is 0 Å². The number of nitrogens with one attached hydrogen (secondary N) is 2. The summed E-state index contributed by atoms with van der Waals surface area (Å²) < 4.78 is 40.0. The van der Waals surface area contributed by atoms with E-state index in [0.29, 0.717) is 25.5 Å². The molecule has 8 heteroatoms. The minimum absolute atomic E-state index is 0.0379. The zero-order valence-corrected chi connectivity index (χ0v) is 14.6. The maximum absolute atomic E-state index is 12.5. The smallest absolute Gasteiger partial charge is 0.387 e. The van der Waals surface area contributed by atoms with Crippen molar-refractivity contribution in [2.45, 2.75) is 32.0 Å². The Morgan fingerprint density at radius 2 is 2.20 bits per heavy atom. The fourth-order valence-electron chi connectivity index (χ4n) is 2.63. The maximum atomic E-state index is 12.5. The van der Waals surface area contributed by atoms with Crippen molar-refractivity contribution in [3.05, 3.63) is 23.8 Å². The van der Waals surface area contributed by atoms with Gasteiger partial charge in [-0.1, -0.05) is 6.07 Å². The van der Waals surface area contributed by atoms with Crippen molar-refractivity contribution in [1.82, 2.24) is 10.6 Å². The third-order valence-electron chi connectivity index (χ3n) is 3.89. The SMILES string of the molecule is CN=C(NCCc1ccc(OC)c(OC(F)F)c1)NCC1CCCO1. The molecule has 6 nitrogen and oxygen atoms in total. The third-order valence-corrected chi connectivity index (χ3v) is 3.89. The number of guanidine groups is 1. The average molecular weight is 357 g/mol. The molecular weight excluding hydrogens is 332 g/mol. The van der Waals surface area contributed by atoms with Crippen LogP contribution >= 0.6 is 0 Å². The summed E-state index contributed by atoms with van der Waals surface area (Å²) >= 11 is 0. The summed E-state index contributed by atoms with van der Waals surface area (Å²) in [5.74, 6) is 1.01. The van der Waals surface area contributed by atoms with Crippen molar-refractivity contribution >= 4 is 5.96 Å². The predicted molar refractivity (Wildman–Crippen MR) is 91.7 cm³/mol. The Morgan fingerprint density at radius 3 is 2.84 bits per heavy atom. The van der Waals surface area contributed by atoms with Crippen molar-refractivity contribution in [1.29, 1.82) is 0 Å². The van der Waals surface area contributed by atoms with Crippen molar-refractivity contribution in [2.75, 3.05) is 33.9 Å². The van der Waals surface area contributed by atoms with Gasteiger partial charge < -0.3 is 24.8 Å². The lowest BCUT2D eigenvalue weighted by Crippen LogP contribution is -2.41. The Balaban J connectivity index is 1.81. The molecule has 0 aromatic heterocycles. The Hall–Kier alpha value is -2.09. The van der Waals surface area contributed by atoms with Crippen LogP contribution in [0.2, 0.25) is 0 Å². The molecule has 25 heavy (non-hydrogen) atoms. The van der Waals surface area contributed by atoms with Crippen LogP contribution in [0.3, 0.4) is 0 Å². The highest BCUT2D eigenvalue weighted by Crippen LogP contribution is 2.29. The zero-order chi connectivity index (χ0) is 18.1. The Kier molecular flexibility index (Phi) is 7.72. The number of nitrogens with zero attached hydrogens (tertiary/aromatic N) is 1. The minimum atomic E-state index is -2.89. The Morgan fingerprint density at radius 1 is 1.36 bits per heavy atom. The second-order valence-corrected chi connectivity index (χ2v) is 5.63. The Bertz CT molecular complexity index is 564. The fourth-order valence-corrected chi connectivity index (χ4v) is 2.63. The second-order valence-electron chi connectivity index (χ2n) is 5.63. The summed E-state index contributed by atoms with van der Waals surface area (Å²) in [4.78, 5) is 4.16. The average Bonchev–Trinajstić information content (AvgIpc) is 3.11. The molecule has 1 fully saturated rings. The molecule has 1 atom stereocenters. The van der Waals surface area contributed by atoms with Gasteiger partial charge >= 0.3 is 6.61 Å².